The summed E-state index contributed by atoms with van der Waals surface area (Å²) in [7, 11) is 0. The fraction of sp³-hybridized carbons (Fsp3) is 0.444. The van der Waals surface area contributed by atoms with Gasteiger partial charge >= 0.3 is 0 Å². The maximum atomic E-state index is 14.3. The van der Waals surface area contributed by atoms with Crippen LogP contribution in [0.4, 0.5) is 4.39 Å². The van der Waals surface area contributed by atoms with Crippen LogP contribution in [-0.2, 0) is 0 Å². The van der Waals surface area contributed by atoms with Gasteiger partial charge in [0, 0.05) is 18.0 Å². The molecule has 1 aromatic rings. The molecule has 2 atom stereocenters. The van der Waals surface area contributed by atoms with E-state index in [4.69, 9.17) is 4.99 Å². The maximum absolute atomic E-state index is 14.3. The summed E-state index contributed by atoms with van der Waals surface area (Å²) < 4.78 is 14.3. The van der Waals surface area contributed by atoms with E-state index in [1.54, 1.807) is 6.07 Å². The molecule has 2 aliphatic heterocycles. The van der Waals surface area contributed by atoms with Gasteiger partial charge in [-0.3, -0.25) is 0 Å². The first-order valence-electron chi connectivity index (χ1n) is 8.14. The number of amidine groups is 1. The summed E-state index contributed by atoms with van der Waals surface area (Å²) in [5, 5.41) is 0.751. The van der Waals surface area contributed by atoms with Gasteiger partial charge in [0.15, 0.2) is 5.17 Å². The molecule has 2 unspecified atom stereocenters. The third-order valence-electron chi connectivity index (χ3n) is 4.69. The van der Waals surface area contributed by atoms with E-state index in [2.05, 4.69) is 22.2 Å². The zero-order valence-corrected chi connectivity index (χ0v) is 14.0. The second-order valence-corrected chi connectivity index (χ2v) is 7.15. The van der Waals surface area contributed by atoms with E-state index in [0.29, 0.717) is 5.56 Å². The Hall–Kier alpha value is -1.62. The maximum Gasteiger partial charge on any atom is 0.185 e. The van der Waals surface area contributed by atoms with Crippen LogP contribution in [0.3, 0.4) is 0 Å². The Labute approximate surface area is 140 Å². The lowest BCUT2D eigenvalue weighted by Gasteiger charge is -2.39. The molecule has 0 amide bonds. The normalized spacial score (nSPS) is 26.6. The van der Waals surface area contributed by atoms with Crippen LogP contribution in [0.15, 0.2) is 46.5 Å². The molecule has 23 heavy (non-hydrogen) atoms. The van der Waals surface area contributed by atoms with Crippen molar-refractivity contribution >= 4 is 22.6 Å². The molecule has 1 aromatic carbocycles. The lowest BCUT2D eigenvalue weighted by molar-refractivity contribution is 0.218. The quantitative estimate of drug-likeness (QED) is 0.841. The third-order valence-corrected chi connectivity index (χ3v) is 5.26. The minimum absolute atomic E-state index is 0.0511. The fourth-order valence-corrected chi connectivity index (χ4v) is 3.73. The van der Waals surface area contributed by atoms with Gasteiger partial charge in [0.05, 0.1) is 5.71 Å². The van der Waals surface area contributed by atoms with Crippen LogP contribution < -0.4 is 0 Å². The average molecular weight is 329 g/mol. The summed E-state index contributed by atoms with van der Waals surface area (Å²) in [4.78, 5) is 11.8. The standard InChI is InChI=1S/C18H20FN3S/c1-23-18-20-16(13-5-2-3-7-15(13)19)14-6-4-10-22(17(14)21-18)11-12-8-9-12/h2-5,7,10,12,14,17H,6,8-9,11H2,1H3. The second-order valence-electron chi connectivity index (χ2n) is 6.37. The number of allylic oxidation sites excluding steroid dienone is 1. The summed E-state index contributed by atoms with van der Waals surface area (Å²) in [6.45, 7) is 1.05. The predicted octanol–water partition coefficient (Wildman–Crippen LogP) is 3.92. The molecule has 0 aromatic heterocycles. The number of hydrogen-bond donors (Lipinski definition) is 0. The summed E-state index contributed by atoms with van der Waals surface area (Å²) in [6.07, 6.45) is 9.88. The first-order chi connectivity index (χ1) is 11.3. The minimum atomic E-state index is -0.198. The van der Waals surface area contributed by atoms with Gasteiger partial charge in [0.25, 0.3) is 0 Å². The van der Waals surface area contributed by atoms with Crippen LogP contribution in [0, 0.1) is 17.7 Å². The number of hydrogen-bond acceptors (Lipinski definition) is 4. The van der Waals surface area contributed by atoms with Crippen molar-refractivity contribution in [1.29, 1.82) is 0 Å². The summed E-state index contributed by atoms with van der Waals surface area (Å²) in [5.74, 6) is 0.726. The summed E-state index contributed by atoms with van der Waals surface area (Å²) in [5.41, 5.74) is 1.46. The molecule has 3 nitrogen and oxygen atoms in total. The minimum Gasteiger partial charge on any atom is -0.355 e. The molecule has 1 fully saturated rings. The van der Waals surface area contributed by atoms with E-state index >= 15 is 0 Å². The first kappa shape index (κ1) is 14.9. The van der Waals surface area contributed by atoms with Crippen molar-refractivity contribution in [2.45, 2.75) is 25.4 Å². The lowest BCUT2D eigenvalue weighted by atomic mass is 9.87. The Morgan fingerprint density at radius 3 is 2.87 bits per heavy atom. The number of aliphatic imine (C=N–C) groups is 2. The van der Waals surface area contributed by atoms with Crippen LogP contribution >= 0.6 is 11.8 Å². The van der Waals surface area contributed by atoms with Crippen LogP contribution in [0.25, 0.3) is 0 Å². The molecule has 4 rings (SSSR count). The smallest absolute Gasteiger partial charge is 0.185 e. The zero-order valence-electron chi connectivity index (χ0n) is 13.2. The number of nitrogens with zero attached hydrogens (tertiary/aromatic N) is 3. The summed E-state index contributed by atoms with van der Waals surface area (Å²) in [6, 6.07) is 6.95. The lowest BCUT2D eigenvalue weighted by Crippen LogP contribution is -2.45. The zero-order chi connectivity index (χ0) is 15.8. The van der Waals surface area contributed by atoms with Gasteiger partial charge in [-0.2, -0.15) is 0 Å². The molecular formula is C18H20FN3S. The van der Waals surface area contributed by atoms with E-state index in [9.17, 15) is 4.39 Å². The number of benzene rings is 1. The van der Waals surface area contributed by atoms with Crippen LogP contribution in [-0.4, -0.2) is 34.7 Å². The van der Waals surface area contributed by atoms with Crippen LogP contribution in [0.1, 0.15) is 24.8 Å². The SMILES string of the molecule is CSC1=NC2C(CC=CN2CC2CC2)C(c2ccccc2F)=N1. The summed E-state index contributed by atoms with van der Waals surface area (Å²) >= 11 is 1.53. The van der Waals surface area contributed by atoms with Crippen molar-refractivity contribution in [3.8, 4) is 0 Å². The molecule has 1 saturated carbocycles. The number of fused-ring (bicyclic) bond motifs is 1. The highest BCUT2D eigenvalue weighted by Crippen LogP contribution is 2.36. The van der Waals surface area contributed by atoms with E-state index in [-0.39, 0.29) is 17.9 Å². The van der Waals surface area contributed by atoms with Crippen molar-refractivity contribution in [3.63, 3.8) is 0 Å². The van der Waals surface area contributed by atoms with Crippen molar-refractivity contribution in [1.82, 2.24) is 4.90 Å². The average Bonchev–Trinajstić information content (AvgIpc) is 3.39. The van der Waals surface area contributed by atoms with Gasteiger partial charge in [-0.15, -0.1) is 0 Å². The monoisotopic (exact) mass is 329 g/mol. The molecule has 0 saturated heterocycles. The number of halogens is 1. The fourth-order valence-electron chi connectivity index (χ4n) is 3.32. The molecule has 0 spiro atoms. The van der Waals surface area contributed by atoms with E-state index in [1.165, 1.54) is 30.7 Å². The Morgan fingerprint density at radius 1 is 1.30 bits per heavy atom. The largest absolute Gasteiger partial charge is 0.355 e. The second kappa shape index (κ2) is 6.11. The van der Waals surface area contributed by atoms with Gasteiger partial charge in [0.1, 0.15) is 12.0 Å². The first-order valence-corrected chi connectivity index (χ1v) is 9.36. The third kappa shape index (κ3) is 2.94. The van der Waals surface area contributed by atoms with Crippen molar-refractivity contribution in [3.05, 3.63) is 47.9 Å². The Kier molecular flexibility index (Phi) is 3.97. The molecule has 0 radical (unpaired) electrons. The van der Waals surface area contributed by atoms with Crippen molar-refractivity contribution in [2.24, 2.45) is 21.8 Å². The van der Waals surface area contributed by atoms with Gasteiger partial charge in [-0.05, 0) is 43.7 Å². The molecule has 2 heterocycles. The Bertz CT molecular complexity index is 693. The van der Waals surface area contributed by atoms with E-state index < -0.39 is 0 Å². The van der Waals surface area contributed by atoms with Gasteiger partial charge in [-0.1, -0.05) is 36.0 Å². The predicted molar refractivity (Wildman–Crippen MR) is 94.4 cm³/mol. The van der Waals surface area contributed by atoms with Gasteiger partial charge in [0.2, 0.25) is 0 Å². The molecule has 5 heteroatoms. The highest BCUT2D eigenvalue weighted by Gasteiger charge is 2.38. The molecule has 1 aliphatic carbocycles. The number of thioether (sulfide) groups is 1. The van der Waals surface area contributed by atoms with Crippen LogP contribution in [0.2, 0.25) is 0 Å². The van der Waals surface area contributed by atoms with Crippen LogP contribution in [0.5, 0.6) is 0 Å². The number of rotatable bonds is 3. The highest BCUT2D eigenvalue weighted by atomic mass is 32.2. The molecule has 0 N–H and O–H groups in total. The molecule has 3 aliphatic rings. The molecule has 120 valence electrons. The molecular weight excluding hydrogens is 309 g/mol. The van der Waals surface area contributed by atoms with Crippen molar-refractivity contribution in [2.75, 3.05) is 12.8 Å². The Balaban J connectivity index is 1.72. The topological polar surface area (TPSA) is 28.0 Å². The van der Waals surface area contributed by atoms with Crippen molar-refractivity contribution < 1.29 is 4.39 Å². The van der Waals surface area contributed by atoms with Gasteiger partial charge in [-0.25, -0.2) is 14.4 Å². The van der Waals surface area contributed by atoms with E-state index in [0.717, 1.165) is 29.8 Å². The highest BCUT2D eigenvalue weighted by molar-refractivity contribution is 8.13. The van der Waals surface area contributed by atoms with E-state index in [1.807, 2.05) is 18.4 Å². The Morgan fingerprint density at radius 2 is 2.13 bits per heavy atom. The van der Waals surface area contributed by atoms with Gasteiger partial charge < -0.3 is 4.90 Å². The molecule has 0 bridgehead atoms.